The first-order chi connectivity index (χ1) is 14.4. The standard InChI is InChI=1S/C22H19F2N3O3/c1-26(22-25-17-5-2-13(24)9-20(17)30-22)14-4-7-19-16(10-14)15-8-12(23)3-6-18(15)27(19)11-21(28)29/h2-3,5-6,8-9,14H,4,7,10-11H2,1H3,(H,28,29). The van der Waals surface area contributed by atoms with E-state index in [1.54, 1.807) is 16.7 Å². The summed E-state index contributed by atoms with van der Waals surface area (Å²) in [6.07, 6.45) is 2.02. The van der Waals surface area contributed by atoms with Gasteiger partial charge in [-0.05, 0) is 55.2 Å². The van der Waals surface area contributed by atoms with Crippen molar-refractivity contribution in [2.45, 2.75) is 31.8 Å². The van der Waals surface area contributed by atoms with Crippen LogP contribution in [0.1, 0.15) is 17.7 Å². The van der Waals surface area contributed by atoms with Crippen LogP contribution in [0.2, 0.25) is 0 Å². The zero-order chi connectivity index (χ0) is 21.0. The number of rotatable bonds is 4. The van der Waals surface area contributed by atoms with E-state index in [4.69, 9.17) is 4.42 Å². The molecule has 0 spiro atoms. The van der Waals surface area contributed by atoms with Gasteiger partial charge in [0.1, 0.15) is 23.7 Å². The fourth-order valence-corrected chi connectivity index (χ4v) is 4.44. The highest BCUT2D eigenvalue weighted by molar-refractivity contribution is 5.87. The van der Waals surface area contributed by atoms with Gasteiger partial charge < -0.3 is 19.0 Å². The molecule has 0 radical (unpaired) electrons. The van der Waals surface area contributed by atoms with Gasteiger partial charge in [-0.25, -0.2) is 8.78 Å². The Morgan fingerprint density at radius 1 is 1.27 bits per heavy atom. The number of aromatic nitrogens is 2. The van der Waals surface area contributed by atoms with Crippen LogP contribution in [0.25, 0.3) is 22.0 Å². The zero-order valence-electron chi connectivity index (χ0n) is 16.2. The van der Waals surface area contributed by atoms with Crippen LogP contribution in [0.5, 0.6) is 0 Å². The normalized spacial score (nSPS) is 16.2. The van der Waals surface area contributed by atoms with Gasteiger partial charge in [0, 0.05) is 35.8 Å². The Morgan fingerprint density at radius 2 is 2.03 bits per heavy atom. The van der Waals surface area contributed by atoms with E-state index in [0.29, 0.717) is 30.0 Å². The molecule has 0 saturated carbocycles. The molecule has 1 atom stereocenters. The highest BCUT2D eigenvalue weighted by Gasteiger charge is 2.30. The molecular weight excluding hydrogens is 392 g/mol. The molecule has 0 bridgehead atoms. The highest BCUT2D eigenvalue weighted by atomic mass is 19.1. The van der Waals surface area contributed by atoms with Crippen molar-refractivity contribution in [3.05, 3.63) is 59.3 Å². The summed E-state index contributed by atoms with van der Waals surface area (Å²) in [4.78, 5) is 17.8. The molecule has 8 heteroatoms. The summed E-state index contributed by atoms with van der Waals surface area (Å²) in [5.74, 6) is -1.67. The summed E-state index contributed by atoms with van der Waals surface area (Å²) < 4.78 is 34.9. The summed E-state index contributed by atoms with van der Waals surface area (Å²) in [6.45, 7) is -0.158. The number of anilines is 1. The van der Waals surface area contributed by atoms with E-state index in [2.05, 4.69) is 4.98 Å². The second kappa shape index (κ2) is 6.83. The van der Waals surface area contributed by atoms with Gasteiger partial charge in [0.25, 0.3) is 6.01 Å². The van der Waals surface area contributed by atoms with Gasteiger partial charge in [0.2, 0.25) is 0 Å². The Bertz CT molecular complexity index is 1290. The first-order valence-electron chi connectivity index (χ1n) is 9.71. The number of halogens is 2. The summed E-state index contributed by atoms with van der Waals surface area (Å²) in [5, 5.41) is 10.1. The highest BCUT2D eigenvalue weighted by Crippen LogP contribution is 2.35. The Morgan fingerprint density at radius 3 is 2.83 bits per heavy atom. The molecular formula is C22H19F2N3O3. The molecule has 0 saturated heterocycles. The SMILES string of the molecule is CN(c1nc2ccc(F)cc2o1)C1CCc2c(c3cc(F)ccc3n2CC(=O)O)C1. The number of oxazole rings is 1. The number of carboxylic acid groups (broad SMARTS) is 1. The molecule has 2 heterocycles. The maximum atomic E-state index is 14.0. The lowest BCUT2D eigenvalue weighted by atomic mass is 9.90. The number of nitrogens with zero attached hydrogens (tertiary/aromatic N) is 3. The number of carboxylic acids is 1. The minimum Gasteiger partial charge on any atom is -0.480 e. The van der Waals surface area contributed by atoms with Crippen LogP contribution in [0.4, 0.5) is 14.8 Å². The van der Waals surface area contributed by atoms with Crippen LogP contribution in [0, 0.1) is 11.6 Å². The third-order valence-corrected chi connectivity index (χ3v) is 5.88. The van der Waals surface area contributed by atoms with E-state index in [1.807, 2.05) is 11.9 Å². The zero-order valence-corrected chi connectivity index (χ0v) is 16.2. The molecule has 1 aliphatic carbocycles. The van der Waals surface area contributed by atoms with Crippen LogP contribution in [0.3, 0.4) is 0 Å². The van der Waals surface area contributed by atoms with Crippen LogP contribution < -0.4 is 4.90 Å². The number of hydrogen-bond acceptors (Lipinski definition) is 4. The monoisotopic (exact) mass is 411 g/mol. The number of fused-ring (bicyclic) bond motifs is 4. The van der Waals surface area contributed by atoms with Gasteiger partial charge in [0.05, 0.1) is 0 Å². The van der Waals surface area contributed by atoms with Gasteiger partial charge in [-0.3, -0.25) is 4.79 Å². The van der Waals surface area contributed by atoms with Crippen LogP contribution in [-0.4, -0.2) is 33.7 Å². The van der Waals surface area contributed by atoms with Crippen molar-refractivity contribution in [3.63, 3.8) is 0 Å². The van der Waals surface area contributed by atoms with E-state index in [1.165, 1.54) is 24.3 Å². The molecule has 154 valence electrons. The largest absolute Gasteiger partial charge is 0.480 e. The Balaban J connectivity index is 1.52. The molecule has 0 aliphatic heterocycles. The summed E-state index contributed by atoms with van der Waals surface area (Å²) in [7, 11) is 1.87. The van der Waals surface area contributed by atoms with Crippen molar-refractivity contribution in [1.29, 1.82) is 0 Å². The molecule has 2 aromatic heterocycles. The number of aliphatic carboxylic acids is 1. The molecule has 5 rings (SSSR count). The molecule has 1 unspecified atom stereocenters. The van der Waals surface area contributed by atoms with Crippen LogP contribution >= 0.6 is 0 Å². The second-order valence-electron chi connectivity index (χ2n) is 7.68. The molecule has 0 amide bonds. The van der Waals surface area contributed by atoms with Crippen molar-refractivity contribution in [1.82, 2.24) is 9.55 Å². The average molecular weight is 411 g/mol. The third-order valence-electron chi connectivity index (χ3n) is 5.88. The van der Waals surface area contributed by atoms with E-state index in [9.17, 15) is 18.7 Å². The average Bonchev–Trinajstić information content (AvgIpc) is 3.26. The van der Waals surface area contributed by atoms with Crippen molar-refractivity contribution < 1.29 is 23.1 Å². The predicted octanol–water partition coefficient (Wildman–Crippen LogP) is 4.14. The van der Waals surface area contributed by atoms with E-state index >= 15 is 0 Å². The third kappa shape index (κ3) is 2.99. The quantitative estimate of drug-likeness (QED) is 0.547. The number of hydrogen-bond donors (Lipinski definition) is 1. The lowest BCUT2D eigenvalue weighted by Crippen LogP contribution is -2.37. The molecule has 0 fully saturated rings. The fraction of sp³-hybridized carbons (Fsp3) is 0.273. The van der Waals surface area contributed by atoms with Crippen LogP contribution in [-0.2, 0) is 24.2 Å². The van der Waals surface area contributed by atoms with Crippen molar-refractivity contribution in [2.24, 2.45) is 0 Å². The van der Waals surface area contributed by atoms with E-state index in [0.717, 1.165) is 28.6 Å². The van der Waals surface area contributed by atoms with Crippen molar-refractivity contribution in [3.8, 4) is 0 Å². The van der Waals surface area contributed by atoms with E-state index < -0.39 is 5.97 Å². The molecule has 6 nitrogen and oxygen atoms in total. The maximum absolute atomic E-state index is 14.0. The van der Waals surface area contributed by atoms with Gasteiger partial charge in [-0.15, -0.1) is 0 Å². The minimum atomic E-state index is -0.933. The first-order valence-corrected chi connectivity index (χ1v) is 9.71. The Hall–Kier alpha value is -3.42. The maximum Gasteiger partial charge on any atom is 0.323 e. The number of likely N-dealkylation sites (N-methyl/N-ethyl adjacent to an activating group) is 1. The van der Waals surface area contributed by atoms with E-state index in [-0.39, 0.29) is 24.2 Å². The first kappa shape index (κ1) is 18.6. The molecule has 1 aliphatic rings. The lowest BCUT2D eigenvalue weighted by molar-refractivity contribution is -0.137. The van der Waals surface area contributed by atoms with Crippen molar-refractivity contribution >= 4 is 34.0 Å². The topological polar surface area (TPSA) is 71.5 Å². The Labute approximate surface area is 170 Å². The number of benzene rings is 2. The Kier molecular flexibility index (Phi) is 4.23. The van der Waals surface area contributed by atoms with Crippen molar-refractivity contribution in [2.75, 3.05) is 11.9 Å². The van der Waals surface area contributed by atoms with Gasteiger partial charge in [-0.2, -0.15) is 4.98 Å². The second-order valence-corrected chi connectivity index (χ2v) is 7.68. The van der Waals surface area contributed by atoms with Gasteiger partial charge in [0.15, 0.2) is 5.58 Å². The molecule has 2 aromatic carbocycles. The summed E-state index contributed by atoms with van der Waals surface area (Å²) in [6, 6.07) is 9.11. The molecule has 30 heavy (non-hydrogen) atoms. The molecule has 1 N–H and O–H groups in total. The van der Waals surface area contributed by atoms with Crippen LogP contribution in [0.15, 0.2) is 40.8 Å². The summed E-state index contributed by atoms with van der Waals surface area (Å²) >= 11 is 0. The summed E-state index contributed by atoms with van der Waals surface area (Å²) in [5.41, 5.74) is 3.58. The molecule has 4 aromatic rings. The number of carbonyl (C=O) groups is 1. The predicted molar refractivity (Wildman–Crippen MR) is 108 cm³/mol. The van der Waals surface area contributed by atoms with Gasteiger partial charge in [-0.1, -0.05) is 0 Å². The fourth-order valence-electron chi connectivity index (χ4n) is 4.44. The van der Waals surface area contributed by atoms with Gasteiger partial charge >= 0.3 is 5.97 Å². The minimum absolute atomic E-state index is 0.0301. The smallest absolute Gasteiger partial charge is 0.323 e. The lowest BCUT2D eigenvalue weighted by Gasteiger charge is -2.31.